The molecule has 6 nitrogen and oxygen atoms in total. The minimum Gasteiger partial charge on any atom is -0.508 e. The van der Waals surface area contributed by atoms with E-state index >= 15 is 0 Å². The van der Waals surface area contributed by atoms with E-state index in [1.54, 1.807) is 13.0 Å². The van der Waals surface area contributed by atoms with Gasteiger partial charge in [0.25, 0.3) is 0 Å². The molecular weight excluding hydrogens is 420 g/mol. The van der Waals surface area contributed by atoms with Crippen LogP contribution >= 0.6 is 0 Å². The molecule has 6 heteroatoms. The molecule has 3 atom stereocenters. The summed E-state index contributed by atoms with van der Waals surface area (Å²) in [6, 6.07) is 9.44. The van der Waals surface area contributed by atoms with E-state index in [4.69, 9.17) is 14.2 Å². The van der Waals surface area contributed by atoms with Crippen LogP contribution in [0.15, 0.2) is 30.3 Å². The maximum atomic E-state index is 10.3. The first kappa shape index (κ1) is 25.2. The van der Waals surface area contributed by atoms with E-state index in [1.807, 2.05) is 25.1 Å². The van der Waals surface area contributed by atoms with Crippen molar-refractivity contribution in [3.8, 4) is 23.0 Å². The van der Waals surface area contributed by atoms with Gasteiger partial charge >= 0.3 is 0 Å². The molecule has 0 fully saturated rings. The molecule has 0 saturated heterocycles. The molecule has 2 aromatic carbocycles. The Morgan fingerprint density at radius 1 is 1.12 bits per heavy atom. The molecule has 2 aromatic rings. The number of aryl methyl sites for hydroxylation is 1. The second kappa shape index (κ2) is 12.1. The van der Waals surface area contributed by atoms with Gasteiger partial charge in [-0.1, -0.05) is 32.4 Å². The molecule has 0 spiro atoms. The Morgan fingerprint density at radius 2 is 1.91 bits per heavy atom. The Labute approximate surface area is 197 Å². The molecule has 182 valence electrons. The third-order valence-electron chi connectivity index (χ3n) is 6.07. The normalized spacial score (nSPS) is 17.1. The standard InChI is InChI=1S/C27H38O6/c1-4-6-24-26(12-8-20-7-9-22(17-28)33-27(20)24)32-14-5-13-31-21-10-11-23(25(30)16-21)18(2)15-19(3)29/h8,10-12,16,18-19,22,28-30H,4-7,9,13-15,17H2,1-3H3. The molecule has 0 bridgehead atoms. The van der Waals surface area contributed by atoms with Gasteiger partial charge in [-0.15, -0.1) is 0 Å². The molecule has 3 N–H and O–H groups in total. The Bertz CT molecular complexity index is 894. The van der Waals surface area contributed by atoms with Crippen molar-refractivity contribution in [2.45, 2.75) is 77.4 Å². The summed E-state index contributed by atoms with van der Waals surface area (Å²) in [5.41, 5.74) is 3.08. The predicted octanol–water partition coefficient (Wildman–Crippen LogP) is 4.75. The van der Waals surface area contributed by atoms with Gasteiger partial charge in [-0.05, 0) is 61.8 Å². The van der Waals surface area contributed by atoms with Crippen LogP contribution in [0.5, 0.6) is 23.0 Å². The SMILES string of the molecule is CCCc1c(OCCCOc2ccc(C(C)CC(C)O)c(O)c2)ccc2c1OC(CO)CC2. The van der Waals surface area contributed by atoms with Crippen LogP contribution in [0.3, 0.4) is 0 Å². The summed E-state index contributed by atoms with van der Waals surface area (Å²) in [5, 5.41) is 29.4. The fourth-order valence-electron chi connectivity index (χ4n) is 4.39. The Balaban J connectivity index is 1.53. The highest BCUT2D eigenvalue weighted by molar-refractivity contribution is 5.51. The van der Waals surface area contributed by atoms with Gasteiger partial charge in [0.05, 0.1) is 25.9 Å². The lowest BCUT2D eigenvalue weighted by molar-refractivity contribution is 0.0962. The number of phenolic OH excluding ortho intramolecular Hbond substituents is 1. The van der Waals surface area contributed by atoms with Crippen molar-refractivity contribution in [1.82, 2.24) is 0 Å². The van der Waals surface area contributed by atoms with Gasteiger partial charge in [0.1, 0.15) is 29.1 Å². The Kier molecular flexibility index (Phi) is 9.27. The molecular formula is C27H38O6. The zero-order valence-corrected chi connectivity index (χ0v) is 20.0. The fraction of sp³-hybridized carbons (Fsp3) is 0.556. The van der Waals surface area contributed by atoms with Crippen LogP contribution in [0.4, 0.5) is 0 Å². The lowest BCUT2D eigenvalue weighted by Crippen LogP contribution is -2.27. The molecule has 1 aliphatic heterocycles. The van der Waals surface area contributed by atoms with Crippen LogP contribution in [-0.2, 0) is 12.8 Å². The highest BCUT2D eigenvalue weighted by atomic mass is 16.5. The smallest absolute Gasteiger partial charge is 0.129 e. The number of hydrogen-bond acceptors (Lipinski definition) is 6. The quantitative estimate of drug-likeness (QED) is 0.398. The van der Waals surface area contributed by atoms with Crippen molar-refractivity contribution in [2.24, 2.45) is 0 Å². The lowest BCUT2D eigenvalue weighted by atomic mass is 9.94. The summed E-state index contributed by atoms with van der Waals surface area (Å²) in [5.74, 6) is 2.60. The molecule has 1 heterocycles. The van der Waals surface area contributed by atoms with E-state index in [9.17, 15) is 15.3 Å². The lowest BCUT2D eigenvalue weighted by Gasteiger charge is -2.28. The molecule has 0 aromatic heterocycles. The number of phenols is 1. The predicted molar refractivity (Wildman–Crippen MR) is 129 cm³/mol. The summed E-state index contributed by atoms with van der Waals surface area (Å²) >= 11 is 0. The second-order valence-corrected chi connectivity index (χ2v) is 9.00. The van der Waals surface area contributed by atoms with E-state index in [1.165, 1.54) is 5.56 Å². The molecule has 0 amide bonds. The van der Waals surface area contributed by atoms with Gasteiger partial charge in [0.15, 0.2) is 0 Å². The molecule has 3 rings (SSSR count). The third kappa shape index (κ3) is 6.78. The topological polar surface area (TPSA) is 88.4 Å². The largest absolute Gasteiger partial charge is 0.508 e. The number of fused-ring (bicyclic) bond motifs is 1. The number of benzene rings is 2. The average Bonchev–Trinajstić information content (AvgIpc) is 2.79. The van der Waals surface area contributed by atoms with E-state index in [0.29, 0.717) is 31.8 Å². The Hall–Kier alpha value is -2.44. The minimum absolute atomic E-state index is 0.0312. The number of ether oxygens (including phenoxy) is 3. The maximum Gasteiger partial charge on any atom is 0.129 e. The summed E-state index contributed by atoms with van der Waals surface area (Å²) in [4.78, 5) is 0. The van der Waals surface area contributed by atoms with Gasteiger partial charge in [0.2, 0.25) is 0 Å². The number of rotatable bonds is 12. The zero-order valence-electron chi connectivity index (χ0n) is 20.0. The van der Waals surface area contributed by atoms with Gasteiger partial charge in [0, 0.05) is 18.1 Å². The number of aliphatic hydroxyl groups excluding tert-OH is 2. The number of aliphatic hydroxyl groups is 2. The molecule has 3 unspecified atom stereocenters. The highest BCUT2D eigenvalue weighted by Crippen LogP contribution is 2.38. The molecule has 0 radical (unpaired) electrons. The molecule has 33 heavy (non-hydrogen) atoms. The monoisotopic (exact) mass is 458 g/mol. The second-order valence-electron chi connectivity index (χ2n) is 9.00. The molecule has 1 aliphatic rings. The van der Waals surface area contributed by atoms with Gasteiger partial charge in [-0.2, -0.15) is 0 Å². The van der Waals surface area contributed by atoms with Gasteiger partial charge in [-0.3, -0.25) is 0 Å². The highest BCUT2D eigenvalue weighted by Gasteiger charge is 2.24. The first-order valence-corrected chi connectivity index (χ1v) is 12.1. The van der Waals surface area contributed by atoms with E-state index in [-0.39, 0.29) is 24.4 Å². The van der Waals surface area contributed by atoms with E-state index in [2.05, 4.69) is 13.0 Å². The van der Waals surface area contributed by atoms with Gasteiger partial charge in [-0.25, -0.2) is 0 Å². The van der Waals surface area contributed by atoms with Crippen LogP contribution in [-0.4, -0.2) is 47.3 Å². The summed E-state index contributed by atoms with van der Waals surface area (Å²) in [7, 11) is 0. The fourth-order valence-corrected chi connectivity index (χ4v) is 4.39. The Morgan fingerprint density at radius 3 is 2.61 bits per heavy atom. The van der Waals surface area contributed by atoms with Crippen LogP contribution in [0.1, 0.15) is 69.1 Å². The minimum atomic E-state index is -0.411. The van der Waals surface area contributed by atoms with Crippen molar-refractivity contribution >= 4 is 0 Å². The van der Waals surface area contributed by atoms with Crippen LogP contribution in [0.2, 0.25) is 0 Å². The molecule has 0 saturated carbocycles. The first-order valence-electron chi connectivity index (χ1n) is 12.1. The van der Waals surface area contributed by atoms with Crippen LogP contribution < -0.4 is 14.2 Å². The number of aromatic hydroxyl groups is 1. The van der Waals surface area contributed by atoms with Crippen molar-refractivity contribution in [1.29, 1.82) is 0 Å². The summed E-state index contributed by atoms with van der Waals surface area (Å²) in [6.45, 7) is 6.88. The third-order valence-corrected chi connectivity index (χ3v) is 6.07. The average molecular weight is 459 g/mol. The van der Waals surface area contributed by atoms with Crippen molar-refractivity contribution < 1.29 is 29.5 Å². The van der Waals surface area contributed by atoms with Crippen molar-refractivity contribution in [3.05, 3.63) is 47.0 Å². The zero-order chi connectivity index (χ0) is 23.8. The van der Waals surface area contributed by atoms with E-state index < -0.39 is 6.10 Å². The molecule has 0 aliphatic carbocycles. The van der Waals surface area contributed by atoms with E-state index in [0.717, 1.165) is 48.3 Å². The van der Waals surface area contributed by atoms with Crippen LogP contribution in [0, 0.1) is 0 Å². The van der Waals surface area contributed by atoms with Crippen molar-refractivity contribution in [2.75, 3.05) is 19.8 Å². The van der Waals surface area contributed by atoms with Gasteiger partial charge < -0.3 is 29.5 Å². The summed E-state index contributed by atoms with van der Waals surface area (Å²) in [6.07, 6.45) is 4.34. The number of hydrogen-bond donors (Lipinski definition) is 3. The first-order chi connectivity index (χ1) is 15.9. The maximum absolute atomic E-state index is 10.3. The van der Waals surface area contributed by atoms with Crippen molar-refractivity contribution in [3.63, 3.8) is 0 Å². The summed E-state index contributed by atoms with van der Waals surface area (Å²) < 4.78 is 17.9. The van der Waals surface area contributed by atoms with Crippen LogP contribution in [0.25, 0.3) is 0 Å².